The molecule has 2 rings (SSSR count). The number of quaternary nitrogens is 1. The standard InChI is InChI=1S/C22H35N3O2S/c1-21(2,3)17-7-9-18(10-8-17)28-16-20(27)25-13-11-24(12-14-25)15-19(26)23-22(4,5)6/h7-10H,11-16H2,1-6H3,(H,23,26)/p+1. The molecule has 1 aliphatic rings. The summed E-state index contributed by atoms with van der Waals surface area (Å²) in [5, 5.41) is 3.01. The number of benzene rings is 1. The van der Waals surface area contributed by atoms with E-state index in [1.54, 1.807) is 11.8 Å². The van der Waals surface area contributed by atoms with Gasteiger partial charge in [-0.2, -0.15) is 0 Å². The molecule has 6 heteroatoms. The lowest BCUT2D eigenvalue weighted by Gasteiger charge is -2.32. The zero-order valence-electron chi connectivity index (χ0n) is 18.2. The van der Waals surface area contributed by atoms with E-state index in [9.17, 15) is 9.59 Å². The van der Waals surface area contributed by atoms with Gasteiger partial charge in [-0.25, -0.2) is 0 Å². The van der Waals surface area contributed by atoms with E-state index in [1.807, 2.05) is 25.7 Å². The molecule has 1 aromatic carbocycles. The van der Waals surface area contributed by atoms with Gasteiger partial charge < -0.3 is 15.1 Å². The second-order valence-electron chi connectivity index (χ2n) is 9.67. The Morgan fingerprint density at radius 3 is 2.11 bits per heavy atom. The van der Waals surface area contributed by atoms with Crippen molar-refractivity contribution in [2.75, 3.05) is 38.5 Å². The van der Waals surface area contributed by atoms with Crippen molar-refractivity contribution in [2.45, 2.75) is 57.4 Å². The van der Waals surface area contributed by atoms with E-state index in [1.165, 1.54) is 10.5 Å². The topological polar surface area (TPSA) is 53.9 Å². The molecule has 1 saturated heterocycles. The van der Waals surface area contributed by atoms with Crippen molar-refractivity contribution in [3.63, 3.8) is 0 Å². The van der Waals surface area contributed by atoms with E-state index in [0.717, 1.165) is 31.1 Å². The molecule has 0 saturated carbocycles. The first kappa shape index (κ1) is 22.8. The van der Waals surface area contributed by atoms with E-state index >= 15 is 0 Å². The predicted octanol–water partition coefficient (Wildman–Crippen LogP) is 1.72. The minimum absolute atomic E-state index is 0.0801. The molecule has 2 amide bonds. The minimum Gasteiger partial charge on any atom is -0.347 e. The summed E-state index contributed by atoms with van der Waals surface area (Å²) in [5.74, 6) is 0.731. The summed E-state index contributed by atoms with van der Waals surface area (Å²) in [6, 6.07) is 8.51. The van der Waals surface area contributed by atoms with Crippen molar-refractivity contribution in [3.05, 3.63) is 29.8 Å². The minimum atomic E-state index is -0.198. The lowest BCUT2D eigenvalue weighted by atomic mass is 9.87. The first-order chi connectivity index (χ1) is 12.9. The highest BCUT2D eigenvalue weighted by atomic mass is 32.2. The predicted molar refractivity (Wildman–Crippen MR) is 116 cm³/mol. The van der Waals surface area contributed by atoms with Gasteiger partial charge in [-0.05, 0) is 43.9 Å². The van der Waals surface area contributed by atoms with Crippen LogP contribution in [0.4, 0.5) is 0 Å². The average molecular weight is 407 g/mol. The molecule has 0 radical (unpaired) electrons. The Kier molecular flexibility index (Phi) is 7.57. The van der Waals surface area contributed by atoms with Gasteiger partial charge in [-0.15, -0.1) is 11.8 Å². The second-order valence-corrected chi connectivity index (χ2v) is 10.7. The lowest BCUT2D eigenvalue weighted by molar-refractivity contribution is -0.896. The number of piperazine rings is 1. The molecule has 0 atom stereocenters. The Labute approximate surface area is 174 Å². The molecule has 1 heterocycles. The fourth-order valence-corrected chi connectivity index (χ4v) is 4.03. The number of nitrogens with zero attached hydrogens (tertiary/aromatic N) is 1. The SMILES string of the molecule is CC(C)(C)NC(=O)C[NH+]1CCN(C(=O)CSc2ccc(C(C)(C)C)cc2)CC1. The third-order valence-electron chi connectivity index (χ3n) is 4.83. The van der Waals surface area contributed by atoms with Crippen LogP contribution in [-0.4, -0.2) is 60.7 Å². The molecule has 2 N–H and O–H groups in total. The molecular formula is C22H36N3O2S+. The summed E-state index contributed by atoms with van der Waals surface area (Å²) < 4.78 is 0. The number of hydrogen-bond donors (Lipinski definition) is 2. The normalized spacial score (nSPS) is 16.1. The Morgan fingerprint density at radius 1 is 1.04 bits per heavy atom. The molecule has 28 heavy (non-hydrogen) atoms. The van der Waals surface area contributed by atoms with Gasteiger partial charge in [-0.1, -0.05) is 32.9 Å². The Morgan fingerprint density at radius 2 is 1.61 bits per heavy atom. The van der Waals surface area contributed by atoms with Crippen molar-refractivity contribution in [1.29, 1.82) is 0 Å². The van der Waals surface area contributed by atoms with Crippen LogP contribution in [0.2, 0.25) is 0 Å². The summed E-state index contributed by atoms with van der Waals surface area (Å²) in [6.45, 7) is 16.2. The molecule has 0 bridgehead atoms. The monoisotopic (exact) mass is 406 g/mol. The van der Waals surface area contributed by atoms with Crippen LogP contribution >= 0.6 is 11.8 Å². The molecule has 5 nitrogen and oxygen atoms in total. The number of rotatable bonds is 5. The van der Waals surface area contributed by atoms with E-state index < -0.39 is 0 Å². The molecule has 1 aliphatic heterocycles. The first-order valence-corrected chi connectivity index (χ1v) is 11.1. The molecule has 0 unspecified atom stereocenters. The Balaban J connectivity index is 1.74. The molecule has 0 aliphatic carbocycles. The lowest BCUT2D eigenvalue weighted by Crippen LogP contribution is -3.16. The van der Waals surface area contributed by atoms with Crippen molar-refractivity contribution < 1.29 is 14.5 Å². The number of hydrogen-bond acceptors (Lipinski definition) is 3. The van der Waals surface area contributed by atoms with Crippen LogP contribution in [0, 0.1) is 0 Å². The molecular weight excluding hydrogens is 370 g/mol. The summed E-state index contributed by atoms with van der Waals surface area (Å²) in [7, 11) is 0. The highest BCUT2D eigenvalue weighted by Crippen LogP contribution is 2.25. The quantitative estimate of drug-likeness (QED) is 0.732. The van der Waals surface area contributed by atoms with Gasteiger partial charge in [0.05, 0.1) is 31.9 Å². The zero-order chi connectivity index (χ0) is 20.9. The van der Waals surface area contributed by atoms with E-state index in [4.69, 9.17) is 0 Å². The van der Waals surface area contributed by atoms with Gasteiger partial charge in [0.2, 0.25) is 5.91 Å². The van der Waals surface area contributed by atoms with Crippen LogP contribution in [0.3, 0.4) is 0 Å². The van der Waals surface area contributed by atoms with Gasteiger partial charge in [-0.3, -0.25) is 9.59 Å². The molecule has 0 aromatic heterocycles. The van der Waals surface area contributed by atoms with Crippen LogP contribution in [0.5, 0.6) is 0 Å². The molecule has 1 aromatic rings. The Bertz CT molecular complexity index is 667. The van der Waals surface area contributed by atoms with Gasteiger partial charge in [0, 0.05) is 10.4 Å². The van der Waals surface area contributed by atoms with Crippen LogP contribution in [0.15, 0.2) is 29.2 Å². The fourth-order valence-electron chi connectivity index (χ4n) is 3.23. The Hall–Kier alpha value is -1.53. The van der Waals surface area contributed by atoms with E-state index in [0.29, 0.717) is 12.3 Å². The van der Waals surface area contributed by atoms with E-state index in [-0.39, 0.29) is 22.8 Å². The van der Waals surface area contributed by atoms with Crippen molar-refractivity contribution >= 4 is 23.6 Å². The third-order valence-corrected chi connectivity index (χ3v) is 5.83. The van der Waals surface area contributed by atoms with Gasteiger partial charge in [0.1, 0.15) is 0 Å². The van der Waals surface area contributed by atoms with Crippen molar-refractivity contribution in [1.82, 2.24) is 10.2 Å². The third kappa shape index (κ3) is 7.47. The van der Waals surface area contributed by atoms with Crippen LogP contribution in [0.1, 0.15) is 47.1 Å². The summed E-state index contributed by atoms with van der Waals surface area (Å²) >= 11 is 1.60. The summed E-state index contributed by atoms with van der Waals surface area (Å²) in [5.41, 5.74) is 1.25. The zero-order valence-corrected chi connectivity index (χ0v) is 19.0. The summed E-state index contributed by atoms with van der Waals surface area (Å²) in [4.78, 5) is 28.9. The maximum atomic E-state index is 12.5. The largest absolute Gasteiger partial charge is 0.347 e. The van der Waals surface area contributed by atoms with Crippen molar-refractivity contribution in [3.8, 4) is 0 Å². The average Bonchev–Trinajstić information content (AvgIpc) is 2.58. The highest BCUT2D eigenvalue weighted by molar-refractivity contribution is 8.00. The number of thioether (sulfide) groups is 1. The smallest absolute Gasteiger partial charge is 0.275 e. The van der Waals surface area contributed by atoms with Crippen LogP contribution < -0.4 is 10.2 Å². The molecule has 0 spiro atoms. The second kappa shape index (κ2) is 9.31. The van der Waals surface area contributed by atoms with E-state index in [2.05, 4.69) is 50.4 Å². The van der Waals surface area contributed by atoms with Gasteiger partial charge in [0.15, 0.2) is 6.54 Å². The number of nitrogens with one attached hydrogen (secondary N) is 2. The molecule has 1 fully saturated rings. The van der Waals surface area contributed by atoms with Gasteiger partial charge in [0.25, 0.3) is 5.91 Å². The fraction of sp³-hybridized carbons (Fsp3) is 0.636. The van der Waals surface area contributed by atoms with Crippen LogP contribution in [-0.2, 0) is 15.0 Å². The maximum Gasteiger partial charge on any atom is 0.275 e. The number of carbonyl (C=O) groups is 2. The van der Waals surface area contributed by atoms with Crippen molar-refractivity contribution in [2.24, 2.45) is 0 Å². The first-order valence-electron chi connectivity index (χ1n) is 10.1. The molecule has 156 valence electrons. The summed E-state index contributed by atoms with van der Waals surface area (Å²) in [6.07, 6.45) is 0. The highest BCUT2D eigenvalue weighted by Gasteiger charge is 2.26. The number of carbonyl (C=O) groups excluding carboxylic acids is 2. The van der Waals surface area contributed by atoms with Crippen LogP contribution in [0.25, 0.3) is 0 Å². The number of amides is 2. The van der Waals surface area contributed by atoms with Gasteiger partial charge >= 0.3 is 0 Å². The maximum absolute atomic E-state index is 12.5.